The molecular formula is C11H21NS. The molecule has 0 aromatic heterocycles. The van der Waals surface area contributed by atoms with E-state index < -0.39 is 0 Å². The van der Waals surface area contributed by atoms with Crippen molar-refractivity contribution >= 4 is 11.8 Å². The third kappa shape index (κ3) is 2.04. The van der Waals surface area contributed by atoms with Crippen LogP contribution in [0.2, 0.25) is 0 Å². The molecule has 2 atom stereocenters. The average molecular weight is 199 g/mol. The third-order valence-corrected chi connectivity index (χ3v) is 4.91. The van der Waals surface area contributed by atoms with Crippen molar-refractivity contribution in [3.05, 3.63) is 0 Å². The lowest BCUT2D eigenvalue weighted by Gasteiger charge is -2.42. The molecule has 1 spiro atoms. The lowest BCUT2D eigenvalue weighted by molar-refractivity contribution is 0.272. The molecule has 0 amide bonds. The fourth-order valence-corrected chi connectivity index (χ4v) is 5.00. The van der Waals surface area contributed by atoms with Gasteiger partial charge in [0.05, 0.1) is 0 Å². The topological polar surface area (TPSA) is 12.0 Å². The molecule has 0 aliphatic carbocycles. The second-order valence-corrected chi connectivity index (χ2v) is 7.17. The van der Waals surface area contributed by atoms with Crippen molar-refractivity contribution in [2.75, 3.05) is 12.3 Å². The zero-order valence-corrected chi connectivity index (χ0v) is 9.84. The Hall–Kier alpha value is 0.310. The maximum atomic E-state index is 3.60. The summed E-state index contributed by atoms with van der Waals surface area (Å²) in [4.78, 5) is 0. The molecule has 1 nitrogen and oxygen atoms in total. The van der Waals surface area contributed by atoms with Crippen LogP contribution in [0, 0.1) is 5.41 Å². The van der Waals surface area contributed by atoms with Gasteiger partial charge in [0.25, 0.3) is 0 Å². The highest BCUT2D eigenvalue weighted by molar-refractivity contribution is 8.00. The quantitative estimate of drug-likeness (QED) is 0.644. The molecule has 76 valence electrons. The minimum Gasteiger partial charge on any atom is -0.313 e. The van der Waals surface area contributed by atoms with Gasteiger partial charge in [-0.3, -0.25) is 0 Å². The van der Waals surface area contributed by atoms with Gasteiger partial charge in [-0.25, -0.2) is 0 Å². The van der Waals surface area contributed by atoms with Gasteiger partial charge < -0.3 is 5.32 Å². The zero-order valence-electron chi connectivity index (χ0n) is 9.02. The fourth-order valence-electron chi connectivity index (χ4n) is 2.86. The van der Waals surface area contributed by atoms with Crippen molar-refractivity contribution in [1.82, 2.24) is 5.32 Å². The van der Waals surface area contributed by atoms with Crippen LogP contribution in [-0.2, 0) is 0 Å². The van der Waals surface area contributed by atoms with Crippen molar-refractivity contribution in [2.24, 2.45) is 5.41 Å². The summed E-state index contributed by atoms with van der Waals surface area (Å²) in [6, 6.07) is 0.737. The molecule has 2 rings (SSSR count). The van der Waals surface area contributed by atoms with Crippen LogP contribution < -0.4 is 5.32 Å². The minimum atomic E-state index is 0.580. The summed E-state index contributed by atoms with van der Waals surface area (Å²) in [6.45, 7) is 8.41. The van der Waals surface area contributed by atoms with Gasteiger partial charge in [0, 0.05) is 17.3 Å². The Morgan fingerprint density at radius 2 is 2.15 bits per heavy atom. The lowest BCUT2D eigenvalue weighted by Crippen LogP contribution is -2.38. The molecule has 0 radical (unpaired) electrons. The van der Waals surface area contributed by atoms with Gasteiger partial charge in [-0.2, -0.15) is 11.8 Å². The van der Waals surface area contributed by atoms with E-state index in [-0.39, 0.29) is 0 Å². The highest BCUT2D eigenvalue weighted by atomic mass is 32.2. The molecule has 2 fully saturated rings. The van der Waals surface area contributed by atoms with Crippen LogP contribution in [-0.4, -0.2) is 23.1 Å². The summed E-state index contributed by atoms with van der Waals surface area (Å²) in [5.41, 5.74) is 0.580. The van der Waals surface area contributed by atoms with E-state index in [2.05, 4.69) is 37.8 Å². The average Bonchev–Trinajstić information content (AvgIpc) is 2.29. The van der Waals surface area contributed by atoms with E-state index in [1.165, 1.54) is 31.6 Å². The molecule has 2 heteroatoms. The predicted molar refractivity (Wildman–Crippen MR) is 60.3 cm³/mol. The monoisotopic (exact) mass is 199 g/mol. The second-order valence-electron chi connectivity index (χ2n) is 5.61. The Kier molecular flexibility index (Phi) is 2.40. The Balaban J connectivity index is 2.07. The maximum absolute atomic E-state index is 3.60. The number of nitrogens with one attached hydrogen (secondary N) is 1. The second kappa shape index (κ2) is 3.16. The Labute approximate surface area is 86.0 Å². The SMILES string of the molecule is CC1CC2(CN1)CC(C)(C)CCS2. The molecule has 0 saturated carbocycles. The Bertz CT molecular complexity index is 198. The molecular weight excluding hydrogens is 178 g/mol. The van der Waals surface area contributed by atoms with Crippen LogP contribution in [0.15, 0.2) is 0 Å². The number of thioether (sulfide) groups is 1. The van der Waals surface area contributed by atoms with Crippen molar-refractivity contribution in [3.8, 4) is 0 Å². The highest BCUT2D eigenvalue weighted by Crippen LogP contribution is 2.49. The standard InChI is InChI=1S/C11H21NS/c1-9-6-11(8-12-9)7-10(2,3)4-5-13-11/h9,12H,4-8H2,1-3H3. The third-order valence-electron chi connectivity index (χ3n) is 3.44. The molecule has 13 heavy (non-hydrogen) atoms. The molecule has 2 aliphatic heterocycles. The Morgan fingerprint density at radius 1 is 1.38 bits per heavy atom. The predicted octanol–water partition coefficient (Wildman–Crippen LogP) is 2.66. The zero-order chi connectivity index (χ0) is 9.53. The summed E-state index contributed by atoms with van der Waals surface area (Å²) in [5, 5.41) is 3.60. The summed E-state index contributed by atoms with van der Waals surface area (Å²) >= 11 is 2.22. The maximum Gasteiger partial charge on any atom is 0.0304 e. The molecule has 0 aromatic rings. The molecule has 2 aliphatic rings. The van der Waals surface area contributed by atoms with Crippen molar-refractivity contribution < 1.29 is 0 Å². The molecule has 0 aromatic carbocycles. The molecule has 2 saturated heterocycles. The van der Waals surface area contributed by atoms with E-state index in [4.69, 9.17) is 0 Å². The first kappa shape index (κ1) is 9.85. The van der Waals surface area contributed by atoms with Crippen molar-refractivity contribution in [2.45, 2.75) is 50.8 Å². The van der Waals surface area contributed by atoms with Gasteiger partial charge in [0.2, 0.25) is 0 Å². The van der Waals surface area contributed by atoms with E-state index >= 15 is 0 Å². The first-order chi connectivity index (χ1) is 6.02. The Morgan fingerprint density at radius 3 is 2.69 bits per heavy atom. The number of hydrogen-bond donors (Lipinski definition) is 1. The summed E-state index contributed by atoms with van der Waals surface area (Å²) in [7, 11) is 0. The van der Waals surface area contributed by atoms with Crippen LogP contribution in [0.4, 0.5) is 0 Å². The highest BCUT2D eigenvalue weighted by Gasteiger charge is 2.44. The smallest absolute Gasteiger partial charge is 0.0304 e. The van der Waals surface area contributed by atoms with Crippen LogP contribution in [0.5, 0.6) is 0 Å². The fraction of sp³-hybridized carbons (Fsp3) is 1.00. The van der Waals surface area contributed by atoms with Crippen LogP contribution in [0.25, 0.3) is 0 Å². The summed E-state index contributed by atoms with van der Waals surface area (Å²) < 4.78 is 0.584. The van der Waals surface area contributed by atoms with E-state index in [1.807, 2.05) is 0 Å². The van der Waals surface area contributed by atoms with Gasteiger partial charge in [-0.1, -0.05) is 13.8 Å². The van der Waals surface area contributed by atoms with Gasteiger partial charge in [-0.05, 0) is 37.4 Å². The van der Waals surface area contributed by atoms with E-state index in [1.54, 1.807) is 0 Å². The van der Waals surface area contributed by atoms with Gasteiger partial charge in [0.15, 0.2) is 0 Å². The largest absolute Gasteiger partial charge is 0.313 e. The first-order valence-corrected chi connectivity index (χ1v) is 6.37. The lowest BCUT2D eigenvalue weighted by atomic mass is 9.79. The number of hydrogen-bond acceptors (Lipinski definition) is 2. The molecule has 1 N–H and O–H groups in total. The first-order valence-electron chi connectivity index (χ1n) is 5.39. The molecule has 2 unspecified atom stereocenters. The van der Waals surface area contributed by atoms with Gasteiger partial charge >= 0.3 is 0 Å². The summed E-state index contributed by atoms with van der Waals surface area (Å²) in [6.07, 6.45) is 4.18. The minimum absolute atomic E-state index is 0.580. The molecule has 2 heterocycles. The van der Waals surface area contributed by atoms with E-state index in [0.29, 0.717) is 10.2 Å². The van der Waals surface area contributed by atoms with Crippen molar-refractivity contribution in [3.63, 3.8) is 0 Å². The van der Waals surface area contributed by atoms with Gasteiger partial charge in [-0.15, -0.1) is 0 Å². The van der Waals surface area contributed by atoms with Crippen molar-refractivity contribution in [1.29, 1.82) is 0 Å². The van der Waals surface area contributed by atoms with Crippen LogP contribution >= 0.6 is 11.8 Å². The van der Waals surface area contributed by atoms with E-state index in [9.17, 15) is 0 Å². The number of rotatable bonds is 0. The molecule has 0 bridgehead atoms. The normalized spacial score (nSPS) is 44.1. The van der Waals surface area contributed by atoms with Crippen LogP contribution in [0.3, 0.4) is 0 Å². The summed E-state index contributed by atoms with van der Waals surface area (Å²) in [5.74, 6) is 1.36. The van der Waals surface area contributed by atoms with Gasteiger partial charge in [0.1, 0.15) is 0 Å². The van der Waals surface area contributed by atoms with E-state index in [0.717, 1.165) is 6.04 Å². The van der Waals surface area contributed by atoms with Crippen LogP contribution in [0.1, 0.15) is 40.0 Å².